The van der Waals surface area contributed by atoms with Gasteiger partial charge in [0.1, 0.15) is 0 Å². The van der Waals surface area contributed by atoms with Gasteiger partial charge < -0.3 is 10.6 Å². The molecule has 1 aliphatic carbocycles. The van der Waals surface area contributed by atoms with Crippen molar-refractivity contribution in [1.82, 2.24) is 4.90 Å². The molecule has 0 aromatic heterocycles. The van der Waals surface area contributed by atoms with Gasteiger partial charge in [-0.25, -0.2) is 0 Å². The van der Waals surface area contributed by atoms with Crippen molar-refractivity contribution in [3.05, 3.63) is 0 Å². The van der Waals surface area contributed by atoms with Crippen LogP contribution in [0.3, 0.4) is 0 Å². The molecule has 2 N–H and O–H groups in total. The number of rotatable bonds is 1. The zero-order valence-corrected chi connectivity index (χ0v) is 10.9. The van der Waals surface area contributed by atoms with Gasteiger partial charge in [0.25, 0.3) is 0 Å². The Balaban J connectivity index is 2.01. The fourth-order valence-electron chi connectivity index (χ4n) is 2.77. The molecule has 1 saturated heterocycles. The monoisotopic (exact) mass is 242 g/mol. The summed E-state index contributed by atoms with van der Waals surface area (Å²) in [6, 6.07) is 0. The number of thioether (sulfide) groups is 1. The van der Waals surface area contributed by atoms with E-state index in [2.05, 4.69) is 0 Å². The maximum absolute atomic E-state index is 12.4. The van der Waals surface area contributed by atoms with Crippen molar-refractivity contribution in [2.24, 2.45) is 11.7 Å². The van der Waals surface area contributed by atoms with Crippen LogP contribution in [0, 0.1) is 5.92 Å². The first-order valence-electron chi connectivity index (χ1n) is 6.27. The van der Waals surface area contributed by atoms with Crippen LogP contribution in [-0.2, 0) is 4.79 Å². The van der Waals surface area contributed by atoms with E-state index in [4.69, 9.17) is 5.73 Å². The van der Waals surface area contributed by atoms with Crippen LogP contribution in [0.25, 0.3) is 0 Å². The van der Waals surface area contributed by atoms with Crippen LogP contribution in [0.2, 0.25) is 0 Å². The number of amides is 1. The Morgan fingerprint density at radius 1 is 1.38 bits per heavy atom. The first-order chi connectivity index (χ1) is 7.61. The van der Waals surface area contributed by atoms with Crippen molar-refractivity contribution >= 4 is 17.7 Å². The average Bonchev–Trinajstić information content (AvgIpc) is 2.29. The van der Waals surface area contributed by atoms with Gasteiger partial charge in [0.05, 0.1) is 5.92 Å². The molecule has 1 heterocycles. The van der Waals surface area contributed by atoms with Crippen LogP contribution < -0.4 is 5.73 Å². The van der Waals surface area contributed by atoms with E-state index in [0.717, 1.165) is 43.9 Å². The van der Waals surface area contributed by atoms with Gasteiger partial charge in [-0.1, -0.05) is 12.8 Å². The molecule has 0 aromatic rings. The Hall–Kier alpha value is -0.220. The number of carbonyl (C=O) groups excluding carboxylic acids is 1. The molecule has 4 heteroatoms. The van der Waals surface area contributed by atoms with Crippen molar-refractivity contribution < 1.29 is 4.79 Å². The Bertz CT molecular complexity index is 262. The second kappa shape index (κ2) is 4.96. The molecule has 1 saturated carbocycles. The molecule has 0 aromatic carbocycles. The van der Waals surface area contributed by atoms with Crippen molar-refractivity contribution in [2.45, 2.75) is 38.1 Å². The van der Waals surface area contributed by atoms with Crippen LogP contribution in [-0.4, -0.2) is 40.9 Å². The highest BCUT2D eigenvalue weighted by Crippen LogP contribution is 2.33. The number of hydrogen-bond acceptors (Lipinski definition) is 3. The zero-order valence-electron chi connectivity index (χ0n) is 10.1. The van der Waals surface area contributed by atoms with E-state index in [1.165, 1.54) is 6.42 Å². The first-order valence-corrected chi connectivity index (χ1v) is 7.42. The van der Waals surface area contributed by atoms with E-state index in [0.29, 0.717) is 5.91 Å². The molecule has 2 aliphatic rings. The SMILES string of the molecule is CC1(N)CCCCC1C(=O)N1CCSCC1. The molecule has 2 unspecified atom stereocenters. The van der Waals surface area contributed by atoms with Crippen LogP contribution in [0.1, 0.15) is 32.6 Å². The van der Waals surface area contributed by atoms with Gasteiger partial charge in [0, 0.05) is 30.1 Å². The fourth-order valence-corrected chi connectivity index (χ4v) is 3.67. The molecule has 16 heavy (non-hydrogen) atoms. The maximum atomic E-state index is 12.4. The topological polar surface area (TPSA) is 46.3 Å². The highest BCUT2D eigenvalue weighted by atomic mass is 32.2. The maximum Gasteiger partial charge on any atom is 0.227 e. The minimum Gasteiger partial charge on any atom is -0.341 e. The van der Waals surface area contributed by atoms with Crippen molar-refractivity contribution in [3.63, 3.8) is 0 Å². The third-order valence-electron chi connectivity index (χ3n) is 3.88. The van der Waals surface area contributed by atoms with Crippen molar-refractivity contribution in [1.29, 1.82) is 0 Å². The minimum atomic E-state index is -0.278. The normalized spacial score (nSPS) is 36.1. The lowest BCUT2D eigenvalue weighted by molar-refractivity contribution is -0.138. The van der Waals surface area contributed by atoms with E-state index in [9.17, 15) is 4.79 Å². The van der Waals surface area contributed by atoms with Gasteiger partial charge in [-0.15, -0.1) is 0 Å². The van der Waals surface area contributed by atoms with E-state index < -0.39 is 0 Å². The molecule has 0 spiro atoms. The van der Waals surface area contributed by atoms with Gasteiger partial charge in [0.15, 0.2) is 0 Å². The summed E-state index contributed by atoms with van der Waals surface area (Å²) in [7, 11) is 0. The quantitative estimate of drug-likeness (QED) is 0.757. The predicted octanol–water partition coefficient (Wildman–Crippen LogP) is 1.47. The standard InChI is InChI=1S/C12H22N2OS/c1-12(13)5-3-2-4-10(12)11(15)14-6-8-16-9-7-14/h10H,2-9,13H2,1H3. The summed E-state index contributed by atoms with van der Waals surface area (Å²) in [6.45, 7) is 3.87. The Kier molecular flexibility index (Phi) is 3.80. The molecule has 2 rings (SSSR count). The molecule has 2 atom stereocenters. The van der Waals surface area contributed by atoms with Crippen LogP contribution >= 0.6 is 11.8 Å². The molecular formula is C12H22N2OS. The Morgan fingerprint density at radius 2 is 2.06 bits per heavy atom. The largest absolute Gasteiger partial charge is 0.341 e. The zero-order chi connectivity index (χ0) is 11.6. The Morgan fingerprint density at radius 3 is 2.69 bits per heavy atom. The lowest BCUT2D eigenvalue weighted by Crippen LogP contribution is -2.54. The van der Waals surface area contributed by atoms with E-state index in [-0.39, 0.29) is 11.5 Å². The van der Waals surface area contributed by atoms with Crippen LogP contribution in [0.5, 0.6) is 0 Å². The molecule has 0 bridgehead atoms. The summed E-state index contributed by atoms with van der Waals surface area (Å²) in [5, 5.41) is 0. The molecule has 1 amide bonds. The molecule has 2 fully saturated rings. The smallest absolute Gasteiger partial charge is 0.227 e. The van der Waals surface area contributed by atoms with Gasteiger partial charge in [0.2, 0.25) is 5.91 Å². The molecular weight excluding hydrogens is 220 g/mol. The van der Waals surface area contributed by atoms with E-state index in [1.54, 1.807) is 0 Å². The number of carbonyl (C=O) groups is 1. The predicted molar refractivity (Wildman–Crippen MR) is 68.5 cm³/mol. The highest BCUT2D eigenvalue weighted by Gasteiger charge is 2.39. The van der Waals surface area contributed by atoms with Crippen LogP contribution in [0.4, 0.5) is 0 Å². The third-order valence-corrected chi connectivity index (χ3v) is 4.82. The summed E-state index contributed by atoms with van der Waals surface area (Å²) in [4.78, 5) is 14.4. The first kappa shape index (κ1) is 12.2. The fraction of sp³-hybridized carbons (Fsp3) is 0.917. The van der Waals surface area contributed by atoms with Crippen molar-refractivity contribution in [3.8, 4) is 0 Å². The lowest BCUT2D eigenvalue weighted by Gasteiger charge is -2.40. The van der Waals surface area contributed by atoms with Gasteiger partial charge in [-0.3, -0.25) is 4.79 Å². The second-order valence-corrected chi connectivity index (χ2v) is 6.47. The number of nitrogens with two attached hydrogens (primary N) is 1. The van der Waals surface area contributed by atoms with E-state index >= 15 is 0 Å². The minimum absolute atomic E-state index is 0.0596. The van der Waals surface area contributed by atoms with Gasteiger partial charge in [-0.2, -0.15) is 11.8 Å². The Labute approximate surface area is 102 Å². The summed E-state index contributed by atoms with van der Waals surface area (Å²) < 4.78 is 0. The highest BCUT2D eigenvalue weighted by molar-refractivity contribution is 7.99. The lowest BCUT2D eigenvalue weighted by atomic mass is 9.74. The molecule has 0 radical (unpaired) electrons. The third kappa shape index (κ3) is 2.54. The molecule has 3 nitrogen and oxygen atoms in total. The number of hydrogen-bond donors (Lipinski definition) is 1. The molecule has 92 valence electrons. The average molecular weight is 242 g/mol. The summed E-state index contributed by atoms with van der Waals surface area (Å²) in [5.74, 6) is 2.54. The van der Waals surface area contributed by atoms with Gasteiger partial charge >= 0.3 is 0 Å². The number of nitrogens with zero attached hydrogens (tertiary/aromatic N) is 1. The second-order valence-electron chi connectivity index (χ2n) is 5.24. The van der Waals surface area contributed by atoms with Gasteiger partial charge in [-0.05, 0) is 19.8 Å². The summed E-state index contributed by atoms with van der Waals surface area (Å²) in [5.41, 5.74) is 6.00. The molecule has 1 aliphatic heterocycles. The van der Waals surface area contributed by atoms with Crippen LogP contribution in [0.15, 0.2) is 0 Å². The summed E-state index contributed by atoms with van der Waals surface area (Å²) in [6.07, 6.45) is 4.31. The van der Waals surface area contributed by atoms with E-state index in [1.807, 2.05) is 23.6 Å². The summed E-state index contributed by atoms with van der Waals surface area (Å²) >= 11 is 1.94. The van der Waals surface area contributed by atoms with Crippen molar-refractivity contribution in [2.75, 3.05) is 24.6 Å².